The molecule has 1 atom stereocenters. The average molecular weight is 558 g/mol. The minimum Gasteiger partial charge on any atom is -0.480 e. The summed E-state index contributed by atoms with van der Waals surface area (Å²) in [6.07, 6.45) is 0.986. The van der Waals surface area contributed by atoms with Gasteiger partial charge >= 0.3 is 18.2 Å². The molecule has 1 fully saturated rings. The van der Waals surface area contributed by atoms with Gasteiger partial charge in [-0.2, -0.15) is 4.68 Å². The molecule has 3 rings (SSSR count). The summed E-state index contributed by atoms with van der Waals surface area (Å²) in [5.74, 6) is -0.565. The van der Waals surface area contributed by atoms with E-state index >= 15 is 0 Å². The van der Waals surface area contributed by atoms with Gasteiger partial charge in [0.1, 0.15) is 17.2 Å². The van der Waals surface area contributed by atoms with E-state index in [4.69, 9.17) is 9.47 Å². The van der Waals surface area contributed by atoms with Gasteiger partial charge in [0.05, 0.1) is 0 Å². The number of ether oxygens (including phenoxy) is 2. The van der Waals surface area contributed by atoms with Crippen LogP contribution in [0.3, 0.4) is 0 Å². The second kappa shape index (κ2) is 12.2. The maximum Gasteiger partial charge on any atom is 0.435 e. The van der Waals surface area contributed by atoms with Crippen molar-refractivity contribution in [3.8, 4) is 11.1 Å². The minimum absolute atomic E-state index is 0.139. The van der Waals surface area contributed by atoms with Crippen molar-refractivity contribution in [2.75, 3.05) is 36.4 Å². The van der Waals surface area contributed by atoms with E-state index in [1.54, 1.807) is 31.9 Å². The lowest BCUT2D eigenvalue weighted by Crippen LogP contribution is -2.50. The molecule has 0 bridgehead atoms. The van der Waals surface area contributed by atoms with E-state index in [2.05, 4.69) is 15.3 Å². The molecule has 0 spiro atoms. The number of nitrogens with zero attached hydrogens (tertiary/aromatic N) is 4. The number of amides is 1. The molecule has 1 aromatic heterocycles. The van der Waals surface area contributed by atoms with Crippen molar-refractivity contribution < 1.29 is 29.0 Å². The Balaban J connectivity index is 1.81. The number of hydrogen-bond donors (Lipinski definition) is 2. The van der Waals surface area contributed by atoms with Crippen LogP contribution in [0.1, 0.15) is 61.8 Å². The molecule has 2 heterocycles. The summed E-state index contributed by atoms with van der Waals surface area (Å²) in [5.41, 5.74) is 1.09. The summed E-state index contributed by atoms with van der Waals surface area (Å²) in [4.78, 5) is 41.0. The summed E-state index contributed by atoms with van der Waals surface area (Å²) in [5, 5.41) is 17.2. The molecule has 2 aromatic rings. The zero-order valence-electron chi connectivity index (χ0n) is 24.9. The van der Waals surface area contributed by atoms with Gasteiger partial charge in [0.2, 0.25) is 0 Å². The van der Waals surface area contributed by atoms with E-state index in [9.17, 15) is 19.5 Å². The molecular formula is C29H43N5O6. The number of aliphatic carboxylic acids is 1. The molecule has 1 saturated heterocycles. The SMILES string of the molecule is CC(C)CC(Nc1nn(C(=O)OC(C)(C)C)cc1-c1ccc(N2CCN(C(=O)OC(C)(C)C)CC2)cc1)C(=O)O. The van der Waals surface area contributed by atoms with Crippen LogP contribution in [-0.4, -0.2) is 81.4 Å². The van der Waals surface area contributed by atoms with E-state index in [0.717, 1.165) is 15.9 Å². The first-order valence-corrected chi connectivity index (χ1v) is 13.7. The Labute approximate surface area is 236 Å². The van der Waals surface area contributed by atoms with E-state index in [1.807, 2.05) is 58.9 Å². The molecule has 1 aliphatic rings. The van der Waals surface area contributed by atoms with Gasteiger partial charge in [-0.05, 0) is 71.6 Å². The number of piperazine rings is 1. The predicted octanol–water partition coefficient (Wildman–Crippen LogP) is 5.30. The van der Waals surface area contributed by atoms with Gasteiger partial charge in [-0.3, -0.25) is 0 Å². The van der Waals surface area contributed by atoms with Crippen molar-refractivity contribution in [1.82, 2.24) is 14.7 Å². The third-order valence-electron chi connectivity index (χ3n) is 6.09. The molecule has 1 unspecified atom stereocenters. The van der Waals surface area contributed by atoms with Crippen LogP contribution < -0.4 is 10.2 Å². The first kappa shape index (κ1) is 30.8. The van der Waals surface area contributed by atoms with E-state index in [1.165, 1.54) is 0 Å². The zero-order valence-corrected chi connectivity index (χ0v) is 24.9. The first-order valence-electron chi connectivity index (χ1n) is 13.7. The van der Waals surface area contributed by atoms with Crippen molar-refractivity contribution in [2.45, 2.75) is 79.1 Å². The van der Waals surface area contributed by atoms with Gasteiger partial charge in [0.15, 0.2) is 5.82 Å². The highest BCUT2D eigenvalue weighted by Crippen LogP contribution is 2.31. The zero-order chi connectivity index (χ0) is 29.8. The predicted molar refractivity (Wildman–Crippen MR) is 154 cm³/mol. The number of carboxylic acid groups (broad SMARTS) is 1. The van der Waals surface area contributed by atoms with Gasteiger partial charge in [-0.15, -0.1) is 5.10 Å². The average Bonchev–Trinajstić information content (AvgIpc) is 3.25. The number of anilines is 2. The number of hydrogen-bond acceptors (Lipinski definition) is 8. The van der Waals surface area contributed by atoms with Crippen molar-refractivity contribution in [2.24, 2.45) is 5.92 Å². The summed E-state index contributed by atoms with van der Waals surface area (Å²) in [7, 11) is 0. The molecule has 0 saturated carbocycles. The van der Waals surface area contributed by atoms with Crippen LogP contribution >= 0.6 is 0 Å². The second-order valence-corrected chi connectivity index (χ2v) is 12.5. The van der Waals surface area contributed by atoms with Gasteiger partial charge < -0.3 is 29.7 Å². The van der Waals surface area contributed by atoms with Crippen molar-refractivity contribution in [3.63, 3.8) is 0 Å². The second-order valence-electron chi connectivity index (χ2n) is 12.5. The van der Waals surface area contributed by atoms with Crippen LogP contribution in [0.25, 0.3) is 11.1 Å². The lowest BCUT2D eigenvalue weighted by atomic mass is 10.0. The molecule has 2 N–H and O–H groups in total. The van der Waals surface area contributed by atoms with Gasteiger partial charge in [0, 0.05) is 43.6 Å². The number of aromatic nitrogens is 2. The normalized spacial score (nSPS) is 15.1. The van der Waals surface area contributed by atoms with Crippen LogP contribution in [0.2, 0.25) is 0 Å². The third-order valence-corrected chi connectivity index (χ3v) is 6.09. The fourth-order valence-corrected chi connectivity index (χ4v) is 4.28. The molecule has 220 valence electrons. The molecular weight excluding hydrogens is 514 g/mol. The smallest absolute Gasteiger partial charge is 0.435 e. The third kappa shape index (κ3) is 8.62. The van der Waals surface area contributed by atoms with Gasteiger partial charge in [-0.25, -0.2) is 14.4 Å². The Morgan fingerprint density at radius 3 is 1.98 bits per heavy atom. The molecule has 11 nitrogen and oxygen atoms in total. The Bertz CT molecular complexity index is 1180. The van der Waals surface area contributed by atoms with Crippen LogP contribution in [0.15, 0.2) is 30.5 Å². The quantitative estimate of drug-likeness (QED) is 0.466. The van der Waals surface area contributed by atoms with E-state index in [0.29, 0.717) is 38.2 Å². The number of rotatable bonds is 7. The number of carbonyl (C=O) groups excluding carboxylic acids is 2. The van der Waals surface area contributed by atoms with Crippen LogP contribution in [0, 0.1) is 5.92 Å². The lowest BCUT2D eigenvalue weighted by Gasteiger charge is -2.36. The van der Waals surface area contributed by atoms with Crippen molar-refractivity contribution >= 4 is 29.7 Å². The Kier molecular flexibility index (Phi) is 9.37. The summed E-state index contributed by atoms with van der Waals surface area (Å²) in [6.45, 7) is 17.2. The number of benzene rings is 1. The summed E-state index contributed by atoms with van der Waals surface area (Å²) in [6, 6.07) is 6.89. The fraction of sp³-hybridized carbons (Fsp3) is 0.586. The molecule has 1 aliphatic heterocycles. The molecule has 0 aliphatic carbocycles. The molecule has 1 amide bonds. The molecule has 11 heteroatoms. The van der Waals surface area contributed by atoms with E-state index < -0.39 is 29.3 Å². The standard InChI is InChI=1S/C29H43N5O6/c1-19(2)17-23(25(35)36)30-24-22(18-34(31-24)27(38)40-29(6,7)8)20-9-11-21(12-10-20)32-13-15-33(16-14-32)26(37)39-28(3,4)5/h9-12,18-19,23H,13-17H2,1-8H3,(H,30,31)(H,35,36). The van der Waals surface area contributed by atoms with Gasteiger partial charge in [0.25, 0.3) is 0 Å². The Morgan fingerprint density at radius 1 is 0.925 bits per heavy atom. The van der Waals surface area contributed by atoms with Crippen LogP contribution in [0.4, 0.5) is 21.1 Å². The molecule has 0 radical (unpaired) electrons. The molecule has 40 heavy (non-hydrogen) atoms. The Hall–Kier alpha value is -3.76. The number of carbonyl (C=O) groups is 3. The summed E-state index contributed by atoms with van der Waals surface area (Å²) >= 11 is 0. The first-order chi connectivity index (χ1) is 18.5. The minimum atomic E-state index is -0.993. The number of carboxylic acids is 1. The highest BCUT2D eigenvalue weighted by molar-refractivity contribution is 5.84. The van der Waals surface area contributed by atoms with Crippen LogP contribution in [0.5, 0.6) is 0 Å². The van der Waals surface area contributed by atoms with Crippen molar-refractivity contribution in [3.05, 3.63) is 30.5 Å². The highest BCUT2D eigenvalue weighted by atomic mass is 16.6. The van der Waals surface area contributed by atoms with E-state index in [-0.39, 0.29) is 17.8 Å². The Morgan fingerprint density at radius 2 is 1.48 bits per heavy atom. The fourth-order valence-electron chi connectivity index (χ4n) is 4.28. The van der Waals surface area contributed by atoms with Crippen LogP contribution in [-0.2, 0) is 14.3 Å². The van der Waals surface area contributed by atoms with Crippen molar-refractivity contribution in [1.29, 1.82) is 0 Å². The number of nitrogens with one attached hydrogen (secondary N) is 1. The largest absolute Gasteiger partial charge is 0.480 e. The topological polar surface area (TPSA) is 126 Å². The molecule has 1 aromatic carbocycles. The monoisotopic (exact) mass is 557 g/mol. The van der Waals surface area contributed by atoms with Gasteiger partial charge in [-0.1, -0.05) is 26.0 Å². The maximum absolute atomic E-state index is 12.8. The highest BCUT2D eigenvalue weighted by Gasteiger charge is 2.27. The summed E-state index contributed by atoms with van der Waals surface area (Å²) < 4.78 is 12.1. The lowest BCUT2D eigenvalue weighted by molar-refractivity contribution is -0.138. The maximum atomic E-state index is 12.8.